The summed E-state index contributed by atoms with van der Waals surface area (Å²) in [4.78, 5) is 13.1. The number of rotatable bonds is 3. The molecule has 1 aromatic rings. The number of nitriles is 1. The SMILES string of the molecule is COc1c(C)cc(N(C)C(=O)CC#N)cc1C. The lowest BCUT2D eigenvalue weighted by atomic mass is 10.1. The van der Waals surface area contributed by atoms with Crippen LogP contribution in [0.5, 0.6) is 5.75 Å². The Kier molecular flexibility index (Phi) is 4.11. The second-order valence-electron chi connectivity index (χ2n) is 3.90. The number of hydrogen-bond acceptors (Lipinski definition) is 3. The Bertz CT molecular complexity index is 452. The number of methoxy groups -OCH3 is 1. The quantitative estimate of drug-likeness (QED) is 0.802. The first-order valence-electron chi connectivity index (χ1n) is 5.30. The van der Waals surface area contributed by atoms with Crippen LogP contribution in [0.15, 0.2) is 12.1 Å². The maximum atomic E-state index is 11.6. The molecular formula is C13H16N2O2. The van der Waals surface area contributed by atoms with Gasteiger partial charge in [0.1, 0.15) is 12.2 Å². The highest BCUT2D eigenvalue weighted by Gasteiger charge is 2.13. The van der Waals surface area contributed by atoms with Gasteiger partial charge < -0.3 is 9.64 Å². The van der Waals surface area contributed by atoms with E-state index in [0.29, 0.717) is 0 Å². The monoisotopic (exact) mass is 232 g/mol. The van der Waals surface area contributed by atoms with E-state index < -0.39 is 0 Å². The summed E-state index contributed by atoms with van der Waals surface area (Å²) in [6, 6.07) is 5.61. The molecule has 0 spiro atoms. The summed E-state index contributed by atoms with van der Waals surface area (Å²) in [7, 11) is 3.29. The van der Waals surface area contributed by atoms with Crippen molar-refractivity contribution in [3.63, 3.8) is 0 Å². The largest absolute Gasteiger partial charge is 0.496 e. The highest BCUT2D eigenvalue weighted by molar-refractivity contribution is 5.94. The number of anilines is 1. The smallest absolute Gasteiger partial charge is 0.240 e. The molecule has 0 atom stereocenters. The standard InChI is InChI=1S/C13H16N2O2/c1-9-7-11(8-10(2)13(9)17-4)15(3)12(16)5-6-14/h7-8H,5H2,1-4H3. The average Bonchev–Trinajstić information content (AvgIpc) is 2.27. The van der Waals surface area contributed by atoms with Crippen molar-refractivity contribution in [2.24, 2.45) is 0 Å². The zero-order valence-electron chi connectivity index (χ0n) is 10.6. The first-order valence-corrected chi connectivity index (χ1v) is 5.30. The number of benzene rings is 1. The second kappa shape index (κ2) is 5.35. The van der Waals surface area contributed by atoms with Gasteiger partial charge in [0, 0.05) is 12.7 Å². The van der Waals surface area contributed by atoms with Crippen molar-refractivity contribution in [3.8, 4) is 11.8 Å². The molecule has 0 N–H and O–H groups in total. The van der Waals surface area contributed by atoms with E-state index in [-0.39, 0.29) is 12.3 Å². The van der Waals surface area contributed by atoms with Crippen molar-refractivity contribution in [2.45, 2.75) is 20.3 Å². The molecule has 17 heavy (non-hydrogen) atoms. The molecule has 0 saturated carbocycles. The Morgan fingerprint density at radius 2 is 1.94 bits per heavy atom. The highest BCUT2D eigenvalue weighted by atomic mass is 16.5. The fraction of sp³-hybridized carbons (Fsp3) is 0.385. The molecule has 0 fully saturated rings. The van der Waals surface area contributed by atoms with E-state index in [9.17, 15) is 4.79 Å². The molecule has 1 rings (SSSR count). The highest BCUT2D eigenvalue weighted by Crippen LogP contribution is 2.28. The minimum atomic E-state index is -0.212. The van der Waals surface area contributed by atoms with Gasteiger partial charge in [-0.2, -0.15) is 5.26 Å². The van der Waals surface area contributed by atoms with E-state index in [1.54, 1.807) is 14.2 Å². The minimum Gasteiger partial charge on any atom is -0.496 e. The fourth-order valence-electron chi connectivity index (χ4n) is 1.77. The first-order chi connectivity index (χ1) is 8.01. The van der Waals surface area contributed by atoms with Gasteiger partial charge in [0.15, 0.2) is 0 Å². The third-order valence-corrected chi connectivity index (χ3v) is 2.64. The Morgan fingerprint density at radius 1 is 1.41 bits per heavy atom. The summed E-state index contributed by atoms with van der Waals surface area (Å²) < 4.78 is 5.26. The van der Waals surface area contributed by atoms with Crippen LogP contribution in [0.1, 0.15) is 17.5 Å². The molecule has 0 aliphatic carbocycles. The molecule has 90 valence electrons. The van der Waals surface area contributed by atoms with Crippen LogP contribution in [-0.4, -0.2) is 20.1 Å². The van der Waals surface area contributed by atoms with E-state index in [1.165, 1.54) is 4.90 Å². The van der Waals surface area contributed by atoms with Gasteiger partial charge in [0.2, 0.25) is 5.91 Å². The number of hydrogen-bond donors (Lipinski definition) is 0. The molecule has 4 heteroatoms. The van der Waals surface area contributed by atoms with Gasteiger partial charge in [-0.1, -0.05) is 0 Å². The zero-order chi connectivity index (χ0) is 13.0. The maximum absolute atomic E-state index is 11.6. The lowest BCUT2D eigenvalue weighted by molar-refractivity contribution is -0.117. The number of aryl methyl sites for hydroxylation is 2. The summed E-state index contributed by atoms with van der Waals surface area (Å²) in [6.07, 6.45) is -0.110. The number of carbonyl (C=O) groups is 1. The van der Waals surface area contributed by atoms with Crippen LogP contribution < -0.4 is 9.64 Å². The van der Waals surface area contributed by atoms with Crippen LogP contribution in [0, 0.1) is 25.2 Å². The molecule has 0 radical (unpaired) electrons. The predicted molar refractivity (Wildman–Crippen MR) is 66.1 cm³/mol. The molecule has 0 aliphatic heterocycles. The van der Waals surface area contributed by atoms with Crippen LogP contribution in [0.3, 0.4) is 0 Å². The third kappa shape index (κ3) is 2.76. The molecule has 0 aromatic heterocycles. The lowest BCUT2D eigenvalue weighted by Gasteiger charge is -2.19. The van der Waals surface area contributed by atoms with Crippen LogP contribution in [-0.2, 0) is 4.79 Å². The van der Waals surface area contributed by atoms with E-state index in [1.807, 2.05) is 32.0 Å². The second-order valence-corrected chi connectivity index (χ2v) is 3.90. The minimum absolute atomic E-state index is 0.110. The fourth-order valence-corrected chi connectivity index (χ4v) is 1.77. The van der Waals surface area contributed by atoms with E-state index in [2.05, 4.69) is 0 Å². The molecule has 1 aromatic carbocycles. The van der Waals surface area contributed by atoms with Crippen LogP contribution in [0.2, 0.25) is 0 Å². The van der Waals surface area contributed by atoms with Crippen molar-refractivity contribution in [2.75, 3.05) is 19.1 Å². The van der Waals surface area contributed by atoms with Gasteiger partial charge >= 0.3 is 0 Å². The first kappa shape index (κ1) is 13.0. The van der Waals surface area contributed by atoms with E-state index >= 15 is 0 Å². The van der Waals surface area contributed by atoms with E-state index in [0.717, 1.165) is 22.6 Å². The predicted octanol–water partition coefficient (Wildman–Crippen LogP) is 2.19. The van der Waals surface area contributed by atoms with Crippen LogP contribution in [0.4, 0.5) is 5.69 Å². The van der Waals surface area contributed by atoms with Gasteiger partial charge in [-0.15, -0.1) is 0 Å². The number of ether oxygens (including phenoxy) is 1. The molecule has 1 amide bonds. The summed E-state index contributed by atoms with van der Waals surface area (Å²) in [6.45, 7) is 3.86. The normalized spacial score (nSPS) is 9.59. The number of carbonyl (C=O) groups excluding carboxylic acids is 1. The zero-order valence-corrected chi connectivity index (χ0v) is 10.6. The van der Waals surface area contributed by atoms with E-state index in [4.69, 9.17) is 10.00 Å². The molecule has 0 unspecified atom stereocenters. The molecule has 0 aliphatic rings. The van der Waals surface area contributed by atoms with Crippen molar-refractivity contribution < 1.29 is 9.53 Å². The van der Waals surface area contributed by atoms with Crippen LogP contribution in [0.25, 0.3) is 0 Å². The molecular weight excluding hydrogens is 216 g/mol. The molecule has 0 saturated heterocycles. The Balaban J connectivity index is 3.09. The van der Waals surface area contributed by atoms with Gasteiger partial charge in [-0.05, 0) is 37.1 Å². The summed E-state index contributed by atoms with van der Waals surface area (Å²) in [5.41, 5.74) is 2.72. The van der Waals surface area contributed by atoms with Gasteiger partial charge in [-0.3, -0.25) is 4.79 Å². The van der Waals surface area contributed by atoms with Crippen molar-refractivity contribution in [1.82, 2.24) is 0 Å². The summed E-state index contributed by atoms with van der Waals surface area (Å²) in [5.74, 6) is 0.617. The van der Waals surface area contributed by atoms with Crippen molar-refractivity contribution >= 4 is 11.6 Å². The average molecular weight is 232 g/mol. The molecule has 0 bridgehead atoms. The lowest BCUT2D eigenvalue weighted by Crippen LogP contribution is -2.25. The summed E-state index contributed by atoms with van der Waals surface area (Å²) in [5, 5.41) is 8.51. The van der Waals surface area contributed by atoms with Crippen LogP contribution >= 0.6 is 0 Å². The Hall–Kier alpha value is -2.02. The van der Waals surface area contributed by atoms with Gasteiger partial charge in [0.05, 0.1) is 13.2 Å². The molecule has 4 nitrogen and oxygen atoms in total. The topological polar surface area (TPSA) is 53.3 Å². The summed E-state index contributed by atoms with van der Waals surface area (Å²) >= 11 is 0. The van der Waals surface area contributed by atoms with Gasteiger partial charge in [0.25, 0.3) is 0 Å². The maximum Gasteiger partial charge on any atom is 0.240 e. The van der Waals surface area contributed by atoms with Crippen molar-refractivity contribution in [1.29, 1.82) is 5.26 Å². The molecule has 0 heterocycles. The Labute approximate surface area is 101 Å². The number of nitrogens with zero attached hydrogens (tertiary/aromatic N) is 2. The van der Waals surface area contributed by atoms with Gasteiger partial charge in [-0.25, -0.2) is 0 Å². The van der Waals surface area contributed by atoms with Crippen molar-refractivity contribution in [3.05, 3.63) is 23.3 Å². The third-order valence-electron chi connectivity index (χ3n) is 2.64. The number of amides is 1. The Morgan fingerprint density at radius 3 is 2.35 bits per heavy atom.